The van der Waals surface area contributed by atoms with Crippen molar-refractivity contribution in [1.29, 1.82) is 0 Å². The fourth-order valence-corrected chi connectivity index (χ4v) is 3.20. The van der Waals surface area contributed by atoms with Crippen molar-refractivity contribution in [1.82, 2.24) is 0 Å². The van der Waals surface area contributed by atoms with Gasteiger partial charge in [-0.25, -0.2) is 0 Å². The lowest BCUT2D eigenvalue weighted by Gasteiger charge is -2.21. The van der Waals surface area contributed by atoms with Gasteiger partial charge in [0.25, 0.3) is 0 Å². The molecule has 0 fully saturated rings. The van der Waals surface area contributed by atoms with Crippen LogP contribution < -0.4 is 9.47 Å². The van der Waals surface area contributed by atoms with Gasteiger partial charge in [-0.1, -0.05) is 0 Å². The molecule has 7 heteroatoms. The van der Waals surface area contributed by atoms with E-state index in [1.807, 2.05) is 45.9 Å². The third kappa shape index (κ3) is 8.25. The average Bonchev–Trinajstić information content (AvgIpc) is 2.68. The summed E-state index contributed by atoms with van der Waals surface area (Å²) in [5.41, 5.74) is -1.05. The molecule has 0 N–H and O–H groups in total. The molecule has 0 amide bonds. The van der Waals surface area contributed by atoms with Crippen molar-refractivity contribution in [3.63, 3.8) is 0 Å². The van der Waals surface area contributed by atoms with Gasteiger partial charge in [-0.3, -0.25) is 9.59 Å². The zero-order valence-electron chi connectivity index (χ0n) is 18.3. The van der Waals surface area contributed by atoms with Crippen LogP contribution in [0.1, 0.15) is 53.4 Å². The molecular formula is C22H33BrO6. The van der Waals surface area contributed by atoms with E-state index in [9.17, 15) is 9.59 Å². The van der Waals surface area contributed by atoms with Gasteiger partial charge in [-0.15, -0.1) is 0 Å². The summed E-state index contributed by atoms with van der Waals surface area (Å²) >= 11 is 3.48. The van der Waals surface area contributed by atoms with E-state index < -0.39 is 10.8 Å². The highest BCUT2D eigenvalue weighted by molar-refractivity contribution is 9.10. The van der Waals surface area contributed by atoms with Crippen LogP contribution in [0.5, 0.6) is 11.5 Å². The highest BCUT2D eigenvalue weighted by Crippen LogP contribution is 2.31. The quantitative estimate of drug-likeness (QED) is 0.308. The summed E-state index contributed by atoms with van der Waals surface area (Å²) in [5.74, 6) is 0.957. The molecule has 0 atom stereocenters. The first-order valence-corrected chi connectivity index (χ1v) is 10.5. The van der Waals surface area contributed by atoms with E-state index in [1.165, 1.54) is 14.2 Å². The van der Waals surface area contributed by atoms with Crippen LogP contribution in [0.2, 0.25) is 0 Å². The summed E-state index contributed by atoms with van der Waals surface area (Å²) in [6.45, 7) is 8.44. The van der Waals surface area contributed by atoms with Crippen LogP contribution >= 0.6 is 15.9 Å². The summed E-state index contributed by atoms with van der Waals surface area (Å²) in [7, 11) is 2.81. The minimum absolute atomic E-state index is 0.216. The molecule has 0 aliphatic carbocycles. The van der Waals surface area contributed by atoms with Crippen molar-refractivity contribution >= 4 is 27.9 Å². The molecule has 0 heterocycles. The van der Waals surface area contributed by atoms with Gasteiger partial charge in [-0.2, -0.15) is 0 Å². The third-order valence-corrected chi connectivity index (χ3v) is 5.45. The maximum Gasteiger partial charge on any atom is 0.311 e. The van der Waals surface area contributed by atoms with Gasteiger partial charge >= 0.3 is 11.9 Å². The largest absolute Gasteiger partial charge is 0.493 e. The molecule has 29 heavy (non-hydrogen) atoms. The van der Waals surface area contributed by atoms with Crippen LogP contribution in [-0.2, 0) is 19.1 Å². The lowest BCUT2D eigenvalue weighted by molar-refractivity contribution is -0.152. The molecule has 0 saturated carbocycles. The summed E-state index contributed by atoms with van der Waals surface area (Å²) in [4.78, 5) is 23.4. The van der Waals surface area contributed by atoms with Crippen molar-refractivity contribution in [3.8, 4) is 11.5 Å². The minimum atomic E-state index is -0.529. The molecule has 0 aromatic heterocycles. The first-order chi connectivity index (χ1) is 13.5. The Morgan fingerprint density at radius 1 is 0.862 bits per heavy atom. The number of halogens is 1. The maximum atomic E-state index is 11.7. The van der Waals surface area contributed by atoms with E-state index in [1.54, 1.807) is 0 Å². The first kappa shape index (κ1) is 25.3. The fourth-order valence-electron chi connectivity index (χ4n) is 2.84. The smallest absolute Gasteiger partial charge is 0.311 e. The highest BCUT2D eigenvalue weighted by atomic mass is 79.9. The molecule has 0 saturated heterocycles. The Kier molecular flexibility index (Phi) is 9.96. The topological polar surface area (TPSA) is 71.1 Å². The molecule has 1 aromatic rings. The third-order valence-electron chi connectivity index (χ3n) is 4.80. The summed E-state index contributed by atoms with van der Waals surface area (Å²) in [5, 5.41) is 0. The van der Waals surface area contributed by atoms with E-state index in [0.717, 1.165) is 17.3 Å². The second-order valence-electron chi connectivity index (χ2n) is 8.25. The van der Waals surface area contributed by atoms with E-state index in [0.29, 0.717) is 37.6 Å². The number of rotatable bonds is 12. The second-order valence-corrected chi connectivity index (χ2v) is 9.10. The Morgan fingerprint density at radius 2 is 1.34 bits per heavy atom. The Balaban J connectivity index is 2.48. The zero-order chi connectivity index (χ0) is 22.1. The first-order valence-electron chi connectivity index (χ1n) is 9.75. The highest BCUT2D eigenvalue weighted by Gasteiger charge is 2.28. The van der Waals surface area contributed by atoms with Crippen LogP contribution in [0.4, 0.5) is 0 Å². The van der Waals surface area contributed by atoms with Crippen molar-refractivity contribution in [2.24, 2.45) is 10.8 Å². The number of hydrogen-bond acceptors (Lipinski definition) is 6. The average molecular weight is 473 g/mol. The van der Waals surface area contributed by atoms with Crippen molar-refractivity contribution < 1.29 is 28.5 Å². The number of ether oxygens (including phenoxy) is 4. The Hall–Kier alpha value is -1.76. The normalized spacial score (nSPS) is 11.7. The summed E-state index contributed by atoms with van der Waals surface area (Å²) < 4.78 is 22.1. The van der Waals surface area contributed by atoms with E-state index >= 15 is 0 Å². The van der Waals surface area contributed by atoms with E-state index in [4.69, 9.17) is 18.9 Å². The van der Waals surface area contributed by atoms with Gasteiger partial charge in [-0.05, 0) is 81.4 Å². The molecule has 0 aliphatic heterocycles. The maximum absolute atomic E-state index is 11.7. The number of hydrogen-bond donors (Lipinski definition) is 0. The van der Waals surface area contributed by atoms with Crippen molar-refractivity contribution in [2.45, 2.75) is 53.4 Å². The number of benzene rings is 1. The zero-order valence-corrected chi connectivity index (χ0v) is 19.9. The Bertz CT molecular complexity index is 684. The molecule has 1 rings (SSSR count). The molecule has 0 bridgehead atoms. The lowest BCUT2D eigenvalue weighted by atomic mass is 9.88. The van der Waals surface area contributed by atoms with Crippen LogP contribution in [0.15, 0.2) is 22.7 Å². The number of carbonyl (C=O) groups excluding carboxylic acids is 2. The van der Waals surface area contributed by atoms with Gasteiger partial charge < -0.3 is 18.9 Å². The fraction of sp³-hybridized carbons (Fsp3) is 0.636. The molecular weight excluding hydrogens is 440 g/mol. The lowest BCUT2D eigenvalue weighted by Crippen LogP contribution is -2.26. The van der Waals surface area contributed by atoms with Gasteiger partial charge in [0.05, 0.1) is 42.7 Å². The molecule has 0 radical (unpaired) electrons. The summed E-state index contributed by atoms with van der Waals surface area (Å²) in [6.07, 6.45) is 2.80. The molecule has 0 unspecified atom stereocenters. The Morgan fingerprint density at radius 3 is 1.83 bits per heavy atom. The van der Waals surface area contributed by atoms with E-state index in [-0.39, 0.29) is 11.9 Å². The number of methoxy groups -OCH3 is 2. The van der Waals surface area contributed by atoms with Crippen LogP contribution in [0.3, 0.4) is 0 Å². The molecule has 0 aliphatic rings. The van der Waals surface area contributed by atoms with Crippen LogP contribution in [0.25, 0.3) is 0 Å². The van der Waals surface area contributed by atoms with Gasteiger partial charge in [0.2, 0.25) is 0 Å². The standard InChI is InChI=1S/C22H33BrO6/c1-21(2,19(24)26-5)11-7-13-28-16-9-10-17(23)18(15-16)29-14-8-12-22(3,4)20(25)27-6/h9-10,15H,7-8,11-14H2,1-6H3. The van der Waals surface area contributed by atoms with Crippen LogP contribution in [-0.4, -0.2) is 39.4 Å². The molecule has 164 valence electrons. The van der Waals surface area contributed by atoms with Gasteiger partial charge in [0.1, 0.15) is 11.5 Å². The molecule has 6 nitrogen and oxygen atoms in total. The molecule has 0 spiro atoms. The predicted molar refractivity (Wildman–Crippen MR) is 115 cm³/mol. The van der Waals surface area contributed by atoms with Crippen molar-refractivity contribution in [2.75, 3.05) is 27.4 Å². The second kappa shape index (κ2) is 11.4. The van der Waals surface area contributed by atoms with Crippen LogP contribution in [0, 0.1) is 10.8 Å². The SMILES string of the molecule is COC(=O)C(C)(C)CCCOc1ccc(Br)c(OCCCC(C)(C)C(=O)OC)c1. The Labute approximate surface area is 182 Å². The minimum Gasteiger partial charge on any atom is -0.493 e. The predicted octanol–water partition coefficient (Wildman–Crippen LogP) is 5.17. The van der Waals surface area contributed by atoms with Crippen molar-refractivity contribution in [3.05, 3.63) is 22.7 Å². The monoisotopic (exact) mass is 472 g/mol. The molecule has 1 aromatic carbocycles. The van der Waals surface area contributed by atoms with Gasteiger partial charge in [0, 0.05) is 6.07 Å². The number of carbonyl (C=O) groups is 2. The summed E-state index contributed by atoms with van der Waals surface area (Å²) in [6, 6.07) is 5.57. The number of esters is 2. The van der Waals surface area contributed by atoms with Gasteiger partial charge in [0.15, 0.2) is 0 Å². The van der Waals surface area contributed by atoms with E-state index in [2.05, 4.69) is 15.9 Å².